The smallest absolute Gasteiger partial charge is 0.267 e. The average molecular weight is 238 g/mol. The lowest BCUT2D eigenvalue weighted by atomic mass is 10.4. The van der Waals surface area contributed by atoms with Gasteiger partial charge in [-0.3, -0.25) is 4.79 Å². The fourth-order valence-electron chi connectivity index (χ4n) is 1.14. The monoisotopic (exact) mass is 238 g/mol. The minimum Gasteiger partial charge on any atom is -0.605 e. The second-order valence-corrected chi connectivity index (χ2v) is 4.41. The summed E-state index contributed by atoms with van der Waals surface area (Å²) in [4.78, 5) is 11.1. The molecule has 0 aliphatic heterocycles. The van der Waals surface area contributed by atoms with Gasteiger partial charge in [-0.2, -0.15) is 0 Å². The molecular weight excluding hydrogens is 231 g/mol. The Morgan fingerprint density at radius 1 is 1.31 bits per heavy atom. The van der Waals surface area contributed by atoms with Gasteiger partial charge >= 0.3 is 0 Å². The van der Waals surface area contributed by atoms with E-state index >= 15 is 0 Å². The van der Waals surface area contributed by atoms with Gasteiger partial charge in [0.25, 0.3) is 10.6 Å². The molecule has 4 nitrogen and oxygen atoms in total. The van der Waals surface area contributed by atoms with E-state index in [9.17, 15) is 13.7 Å². The van der Waals surface area contributed by atoms with E-state index in [2.05, 4.69) is 10.2 Å². The molecule has 1 heterocycles. The zero-order chi connectivity index (χ0) is 11.5. The van der Waals surface area contributed by atoms with Gasteiger partial charge in [-0.1, -0.05) is 6.07 Å². The lowest BCUT2D eigenvalue weighted by Crippen LogP contribution is -2.12. The molecule has 0 amide bonds. The van der Waals surface area contributed by atoms with Crippen LogP contribution in [-0.4, -0.2) is 14.8 Å². The van der Waals surface area contributed by atoms with Gasteiger partial charge in [0.15, 0.2) is 4.90 Å². The number of halogens is 1. The number of benzene rings is 1. The Hall–Kier alpha value is -1.66. The maximum atomic E-state index is 12.9. The highest BCUT2D eigenvalue weighted by atomic mass is 32.2. The normalized spacial score (nSPS) is 12.4. The van der Waals surface area contributed by atoms with E-state index in [1.54, 1.807) is 0 Å². The molecule has 0 saturated carbocycles. The molecule has 82 valence electrons. The molecule has 2 aromatic rings. The molecule has 0 spiro atoms. The predicted molar refractivity (Wildman–Crippen MR) is 55.9 cm³/mol. The second-order valence-electron chi connectivity index (χ2n) is 2.99. The van der Waals surface area contributed by atoms with E-state index < -0.39 is 17.0 Å². The minimum absolute atomic E-state index is 0.185. The van der Waals surface area contributed by atoms with Crippen LogP contribution in [0.5, 0.6) is 0 Å². The number of nitrogens with zero attached hydrogens (tertiary/aromatic N) is 1. The van der Waals surface area contributed by atoms with E-state index in [-0.39, 0.29) is 10.6 Å². The number of rotatable bonds is 2. The number of nitrogens with one attached hydrogen (secondary N) is 1. The summed E-state index contributed by atoms with van der Waals surface area (Å²) >= 11 is -1.59. The van der Waals surface area contributed by atoms with E-state index in [4.69, 9.17) is 0 Å². The summed E-state index contributed by atoms with van der Waals surface area (Å²) in [6, 6.07) is 8.00. The first-order valence-electron chi connectivity index (χ1n) is 4.40. The molecule has 1 aromatic heterocycles. The van der Waals surface area contributed by atoms with Gasteiger partial charge in [-0.15, -0.1) is 5.10 Å². The lowest BCUT2D eigenvalue weighted by molar-refractivity contribution is 0.584. The summed E-state index contributed by atoms with van der Waals surface area (Å²) in [7, 11) is 0. The van der Waals surface area contributed by atoms with Crippen molar-refractivity contribution in [3.63, 3.8) is 0 Å². The van der Waals surface area contributed by atoms with Crippen LogP contribution in [0.1, 0.15) is 0 Å². The molecule has 2 rings (SSSR count). The van der Waals surface area contributed by atoms with Crippen LogP contribution in [0.3, 0.4) is 0 Å². The van der Waals surface area contributed by atoms with Crippen molar-refractivity contribution < 1.29 is 8.94 Å². The van der Waals surface area contributed by atoms with Gasteiger partial charge in [0.1, 0.15) is 5.82 Å². The highest BCUT2D eigenvalue weighted by Gasteiger charge is 2.16. The molecule has 0 aliphatic rings. The third kappa shape index (κ3) is 2.29. The van der Waals surface area contributed by atoms with Crippen molar-refractivity contribution in [2.75, 3.05) is 0 Å². The summed E-state index contributed by atoms with van der Waals surface area (Å²) in [6.07, 6.45) is 0. The Kier molecular flexibility index (Phi) is 3.02. The standard InChI is InChI=1S/C10H7FN2O2S/c11-7-2-1-3-8(6-7)16(15)10-5-4-9(14)12-13-10/h1-6H,(H,12,14). The van der Waals surface area contributed by atoms with Crippen LogP contribution in [0.2, 0.25) is 0 Å². The number of hydrogen-bond acceptors (Lipinski definition) is 3. The van der Waals surface area contributed by atoms with Gasteiger partial charge in [-0.25, -0.2) is 9.49 Å². The molecule has 1 aromatic carbocycles. The highest BCUT2D eigenvalue weighted by Crippen LogP contribution is 2.18. The van der Waals surface area contributed by atoms with Crippen LogP contribution in [-0.2, 0) is 11.2 Å². The first-order chi connectivity index (χ1) is 7.66. The first kappa shape index (κ1) is 10.8. The zero-order valence-electron chi connectivity index (χ0n) is 8.01. The SMILES string of the molecule is O=c1ccc([S+]([O-])c2cccc(F)c2)n[nH]1. The maximum absolute atomic E-state index is 12.9. The number of aromatic amines is 1. The quantitative estimate of drug-likeness (QED) is 0.796. The molecule has 0 radical (unpaired) electrons. The van der Waals surface area contributed by atoms with Crippen molar-refractivity contribution in [1.29, 1.82) is 0 Å². The summed E-state index contributed by atoms with van der Waals surface area (Å²) < 4.78 is 24.8. The van der Waals surface area contributed by atoms with Gasteiger partial charge in [0, 0.05) is 29.4 Å². The van der Waals surface area contributed by atoms with Crippen molar-refractivity contribution in [1.82, 2.24) is 10.2 Å². The van der Waals surface area contributed by atoms with Gasteiger partial charge < -0.3 is 4.55 Å². The molecule has 1 unspecified atom stereocenters. The van der Waals surface area contributed by atoms with Crippen molar-refractivity contribution >= 4 is 11.2 Å². The van der Waals surface area contributed by atoms with E-state index in [1.165, 1.54) is 36.4 Å². The Bertz CT molecular complexity index is 538. The number of aromatic nitrogens is 2. The van der Waals surface area contributed by atoms with Crippen LogP contribution in [0.15, 0.2) is 51.1 Å². The van der Waals surface area contributed by atoms with Crippen LogP contribution in [0.25, 0.3) is 0 Å². The van der Waals surface area contributed by atoms with Crippen LogP contribution in [0.4, 0.5) is 4.39 Å². The number of hydrogen-bond donors (Lipinski definition) is 1. The lowest BCUT2D eigenvalue weighted by Gasteiger charge is -2.07. The van der Waals surface area contributed by atoms with E-state index in [1.807, 2.05) is 0 Å². The molecule has 0 saturated heterocycles. The average Bonchev–Trinajstić information content (AvgIpc) is 2.29. The molecule has 0 fully saturated rings. The van der Waals surface area contributed by atoms with Crippen molar-refractivity contribution in [3.05, 3.63) is 52.6 Å². The maximum Gasteiger partial charge on any atom is 0.267 e. The first-order valence-corrected chi connectivity index (χ1v) is 5.55. The minimum atomic E-state index is -1.59. The Morgan fingerprint density at radius 2 is 2.12 bits per heavy atom. The fourth-order valence-corrected chi connectivity index (χ4v) is 2.12. The Balaban J connectivity index is 2.35. The molecule has 6 heteroatoms. The van der Waals surface area contributed by atoms with Gasteiger partial charge in [-0.05, 0) is 12.1 Å². The molecule has 1 N–H and O–H groups in total. The highest BCUT2D eigenvalue weighted by molar-refractivity contribution is 7.91. The van der Waals surface area contributed by atoms with Crippen molar-refractivity contribution in [2.45, 2.75) is 9.92 Å². The zero-order valence-corrected chi connectivity index (χ0v) is 8.83. The fraction of sp³-hybridized carbons (Fsp3) is 0. The third-order valence-electron chi connectivity index (χ3n) is 1.85. The van der Waals surface area contributed by atoms with Crippen molar-refractivity contribution in [2.24, 2.45) is 0 Å². The van der Waals surface area contributed by atoms with Crippen LogP contribution >= 0.6 is 0 Å². The molecule has 16 heavy (non-hydrogen) atoms. The second kappa shape index (κ2) is 4.46. The number of H-pyrrole nitrogens is 1. The Labute approximate surface area is 93.3 Å². The molecule has 0 aliphatic carbocycles. The summed E-state index contributed by atoms with van der Waals surface area (Å²) in [6.45, 7) is 0. The predicted octanol–water partition coefficient (Wildman–Crippen LogP) is 1.08. The molecular formula is C10H7FN2O2S. The van der Waals surface area contributed by atoms with Crippen LogP contribution < -0.4 is 5.56 Å². The Morgan fingerprint density at radius 3 is 2.75 bits per heavy atom. The van der Waals surface area contributed by atoms with Crippen molar-refractivity contribution in [3.8, 4) is 0 Å². The van der Waals surface area contributed by atoms with Crippen LogP contribution in [0, 0.1) is 5.82 Å². The van der Waals surface area contributed by atoms with E-state index in [0.717, 1.165) is 0 Å². The molecule has 0 bridgehead atoms. The summed E-state index contributed by atoms with van der Waals surface area (Å²) in [5.41, 5.74) is -0.375. The van der Waals surface area contributed by atoms with E-state index in [0.29, 0.717) is 4.90 Å². The summed E-state index contributed by atoms with van der Waals surface area (Å²) in [5, 5.41) is 5.98. The topological polar surface area (TPSA) is 68.8 Å². The van der Waals surface area contributed by atoms with Gasteiger partial charge in [0.05, 0.1) is 0 Å². The molecule has 1 atom stereocenters. The largest absolute Gasteiger partial charge is 0.605 e. The van der Waals surface area contributed by atoms with Gasteiger partial charge in [0.2, 0.25) is 0 Å². The summed E-state index contributed by atoms with van der Waals surface area (Å²) in [5.74, 6) is -0.463. The third-order valence-corrected chi connectivity index (χ3v) is 3.14.